The van der Waals surface area contributed by atoms with Crippen molar-refractivity contribution in [2.24, 2.45) is 0 Å². The average molecular weight is 289 g/mol. The minimum atomic E-state index is -0.0743. The Morgan fingerprint density at radius 1 is 1.30 bits per heavy atom. The molecule has 1 aliphatic heterocycles. The van der Waals surface area contributed by atoms with Crippen molar-refractivity contribution in [3.05, 3.63) is 36.2 Å². The van der Waals surface area contributed by atoms with E-state index in [-0.39, 0.29) is 5.91 Å². The van der Waals surface area contributed by atoms with Crippen LogP contribution in [0.5, 0.6) is 0 Å². The summed E-state index contributed by atoms with van der Waals surface area (Å²) in [6.07, 6.45) is 1.41. The van der Waals surface area contributed by atoms with E-state index in [0.717, 1.165) is 24.6 Å². The van der Waals surface area contributed by atoms with Crippen LogP contribution in [0.1, 0.15) is 10.5 Å². The highest BCUT2D eigenvalue weighted by molar-refractivity contribution is 7.99. The van der Waals surface area contributed by atoms with Crippen LogP contribution in [-0.4, -0.2) is 40.4 Å². The van der Waals surface area contributed by atoms with Crippen molar-refractivity contribution < 1.29 is 9.21 Å². The van der Waals surface area contributed by atoms with Crippen molar-refractivity contribution in [1.82, 2.24) is 9.88 Å². The van der Waals surface area contributed by atoms with E-state index in [1.807, 2.05) is 34.9 Å². The molecule has 1 aliphatic rings. The monoisotopic (exact) mass is 289 g/mol. The number of nitrogen functional groups attached to an aromatic ring is 1. The van der Waals surface area contributed by atoms with Gasteiger partial charge in [0, 0.05) is 30.3 Å². The lowest BCUT2D eigenvalue weighted by atomic mass is 10.2. The number of carbonyl (C=O) groups is 1. The van der Waals surface area contributed by atoms with Gasteiger partial charge in [0.1, 0.15) is 6.26 Å². The van der Waals surface area contributed by atoms with Crippen molar-refractivity contribution in [2.75, 3.05) is 30.3 Å². The van der Waals surface area contributed by atoms with Gasteiger partial charge < -0.3 is 15.1 Å². The summed E-state index contributed by atoms with van der Waals surface area (Å²) < 4.78 is 5.40. The molecule has 0 aliphatic carbocycles. The molecule has 3 rings (SSSR count). The fraction of sp³-hybridized carbons (Fsp3) is 0.286. The molecule has 2 N–H and O–H groups in total. The summed E-state index contributed by atoms with van der Waals surface area (Å²) in [4.78, 5) is 18.4. The Morgan fingerprint density at radius 3 is 2.80 bits per heavy atom. The van der Waals surface area contributed by atoms with Gasteiger partial charge in [0.25, 0.3) is 5.91 Å². The third kappa shape index (κ3) is 2.51. The number of para-hydroxylation sites is 1. The molecule has 0 radical (unpaired) electrons. The van der Waals surface area contributed by atoms with Gasteiger partial charge in [-0.1, -0.05) is 12.1 Å². The lowest BCUT2D eigenvalue weighted by Crippen LogP contribution is -2.38. The third-order valence-electron chi connectivity index (χ3n) is 3.21. The second-order valence-electron chi connectivity index (χ2n) is 4.53. The molecule has 20 heavy (non-hydrogen) atoms. The van der Waals surface area contributed by atoms with Gasteiger partial charge >= 0.3 is 0 Å². The quantitative estimate of drug-likeness (QED) is 0.857. The minimum Gasteiger partial charge on any atom is -0.444 e. The van der Waals surface area contributed by atoms with Gasteiger partial charge in [-0.25, -0.2) is 4.98 Å². The van der Waals surface area contributed by atoms with E-state index in [1.54, 1.807) is 6.07 Å². The van der Waals surface area contributed by atoms with E-state index in [2.05, 4.69) is 4.98 Å². The summed E-state index contributed by atoms with van der Waals surface area (Å²) >= 11 is 1.86. The smallest absolute Gasteiger partial charge is 0.275 e. The molecule has 2 aromatic rings. The second kappa shape index (κ2) is 5.58. The zero-order valence-corrected chi connectivity index (χ0v) is 11.7. The molecule has 1 amide bonds. The number of anilines is 1. The highest BCUT2D eigenvalue weighted by Gasteiger charge is 2.22. The van der Waals surface area contributed by atoms with Gasteiger partial charge in [-0.2, -0.15) is 11.8 Å². The molecule has 5 nitrogen and oxygen atoms in total. The molecular formula is C14H15N3O2S. The number of aromatic nitrogens is 1. The van der Waals surface area contributed by atoms with Crippen LogP contribution < -0.4 is 5.73 Å². The molecule has 2 heterocycles. The number of hydrogen-bond acceptors (Lipinski definition) is 5. The van der Waals surface area contributed by atoms with Crippen LogP contribution in [0, 0.1) is 0 Å². The molecule has 0 atom stereocenters. The first-order valence-electron chi connectivity index (χ1n) is 6.43. The third-order valence-corrected chi connectivity index (χ3v) is 4.16. The first kappa shape index (κ1) is 13.1. The van der Waals surface area contributed by atoms with Crippen LogP contribution in [0.4, 0.5) is 5.69 Å². The summed E-state index contributed by atoms with van der Waals surface area (Å²) in [5, 5.41) is 0. The van der Waals surface area contributed by atoms with Gasteiger partial charge in [-0.15, -0.1) is 0 Å². The Bertz CT molecular complexity index is 620. The SMILES string of the molecule is Nc1ccccc1-c1nc(C(=O)N2CCSCC2)co1. The van der Waals surface area contributed by atoms with Crippen LogP contribution in [0.25, 0.3) is 11.5 Å². The Balaban J connectivity index is 1.83. The molecular weight excluding hydrogens is 274 g/mol. The first-order valence-corrected chi connectivity index (χ1v) is 7.58. The zero-order chi connectivity index (χ0) is 13.9. The van der Waals surface area contributed by atoms with Gasteiger partial charge in [0.15, 0.2) is 5.69 Å². The number of benzene rings is 1. The molecule has 0 bridgehead atoms. The van der Waals surface area contributed by atoms with Crippen LogP contribution >= 0.6 is 11.8 Å². The topological polar surface area (TPSA) is 72.4 Å². The Labute approximate surface area is 121 Å². The molecule has 1 aromatic heterocycles. The van der Waals surface area contributed by atoms with E-state index < -0.39 is 0 Å². The number of hydrogen-bond donors (Lipinski definition) is 1. The minimum absolute atomic E-state index is 0.0743. The van der Waals surface area contributed by atoms with Gasteiger partial charge in [0.05, 0.1) is 5.56 Å². The molecule has 0 unspecified atom stereocenters. The van der Waals surface area contributed by atoms with E-state index in [9.17, 15) is 4.79 Å². The van der Waals surface area contributed by atoms with Crippen LogP contribution in [-0.2, 0) is 0 Å². The number of nitrogens with two attached hydrogens (primary N) is 1. The van der Waals surface area contributed by atoms with Crippen molar-refractivity contribution in [1.29, 1.82) is 0 Å². The Morgan fingerprint density at radius 2 is 2.05 bits per heavy atom. The Kier molecular flexibility index (Phi) is 3.64. The lowest BCUT2D eigenvalue weighted by Gasteiger charge is -2.25. The van der Waals surface area contributed by atoms with Crippen molar-refractivity contribution in [3.8, 4) is 11.5 Å². The fourth-order valence-electron chi connectivity index (χ4n) is 2.12. The predicted octanol–water partition coefficient (Wildman–Crippen LogP) is 2.11. The maximum atomic E-state index is 12.3. The molecule has 1 aromatic carbocycles. The number of amides is 1. The normalized spacial score (nSPS) is 15.3. The average Bonchev–Trinajstić information content (AvgIpc) is 2.97. The summed E-state index contributed by atoms with van der Waals surface area (Å²) in [5.41, 5.74) is 7.52. The van der Waals surface area contributed by atoms with E-state index in [4.69, 9.17) is 10.2 Å². The van der Waals surface area contributed by atoms with E-state index >= 15 is 0 Å². The highest BCUT2D eigenvalue weighted by atomic mass is 32.2. The first-order chi connectivity index (χ1) is 9.75. The van der Waals surface area contributed by atoms with Crippen LogP contribution in [0.3, 0.4) is 0 Å². The van der Waals surface area contributed by atoms with Crippen molar-refractivity contribution in [2.45, 2.75) is 0 Å². The number of oxazole rings is 1. The molecule has 6 heteroatoms. The summed E-state index contributed by atoms with van der Waals surface area (Å²) in [5.74, 6) is 2.26. The predicted molar refractivity (Wildman–Crippen MR) is 79.6 cm³/mol. The number of rotatable bonds is 2. The van der Waals surface area contributed by atoms with E-state index in [1.165, 1.54) is 6.26 Å². The van der Waals surface area contributed by atoms with Gasteiger partial charge in [-0.05, 0) is 12.1 Å². The van der Waals surface area contributed by atoms with Crippen LogP contribution in [0.2, 0.25) is 0 Å². The van der Waals surface area contributed by atoms with E-state index in [0.29, 0.717) is 22.8 Å². The second-order valence-corrected chi connectivity index (χ2v) is 5.75. The molecule has 0 saturated carbocycles. The fourth-order valence-corrected chi connectivity index (χ4v) is 3.02. The zero-order valence-electron chi connectivity index (χ0n) is 10.9. The number of nitrogens with zero attached hydrogens (tertiary/aromatic N) is 2. The molecule has 1 fully saturated rings. The maximum absolute atomic E-state index is 12.3. The summed E-state index contributed by atoms with van der Waals surface area (Å²) in [6.45, 7) is 1.53. The summed E-state index contributed by atoms with van der Waals surface area (Å²) in [7, 11) is 0. The largest absolute Gasteiger partial charge is 0.444 e. The lowest BCUT2D eigenvalue weighted by molar-refractivity contribution is 0.0766. The highest BCUT2D eigenvalue weighted by Crippen LogP contribution is 2.25. The van der Waals surface area contributed by atoms with Gasteiger partial charge in [0.2, 0.25) is 5.89 Å². The molecule has 0 spiro atoms. The van der Waals surface area contributed by atoms with Crippen molar-refractivity contribution in [3.63, 3.8) is 0 Å². The molecule has 104 valence electrons. The van der Waals surface area contributed by atoms with Gasteiger partial charge in [-0.3, -0.25) is 4.79 Å². The summed E-state index contributed by atoms with van der Waals surface area (Å²) in [6, 6.07) is 7.31. The number of carbonyl (C=O) groups excluding carboxylic acids is 1. The molecule has 1 saturated heterocycles. The number of thioether (sulfide) groups is 1. The maximum Gasteiger partial charge on any atom is 0.275 e. The Hall–Kier alpha value is -1.95. The standard InChI is InChI=1S/C14H15N3O2S/c15-11-4-2-1-3-10(11)13-16-12(9-19-13)14(18)17-5-7-20-8-6-17/h1-4,9H,5-8,15H2. The van der Waals surface area contributed by atoms with Crippen LogP contribution in [0.15, 0.2) is 34.9 Å². The van der Waals surface area contributed by atoms with Crippen molar-refractivity contribution >= 4 is 23.4 Å².